The predicted octanol–water partition coefficient (Wildman–Crippen LogP) is 4.29. The Balaban J connectivity index is 2.33. The Bertz CT molecular complexity index is 629. The highest BCUT2D eigenvalue weighted by molar-refractivity contribution is 6.33. The number of benzene rings is 2. The summed E-state index contributed by atoms with van der Waals surface area (Å²) in [5.74, 6) is 0.915. The van der Waals surface area contributed by atoms with Gasteiger partial charge in [-0.2, -0.15) is 0 Å². The number of rotatable bonds is 5. The van der Waals surface area contributed by atoms with Crippen LogP contribution in [0.3, 0.4) is 0 Å². The quantitative estimate of drug-likeness (QED) is 0.890. The zero-order valence-electron chi connectivity index (χ0n) is 11.8. The molecule has 0 amide bonds. The lowest BCUT2D eigenvalue weighted by Crippen LogP contribution is -2.05. The van der Waals surface area contributed by atoms with E-state index in [4.69, 9.17) is 32.7 Å². The number of halogens is 2. The van der Waals surface area contributed by atoms with Crippen LogP contribution in [-0.4, -0.2) is 19.3 Å². The summed E-state index contributed by atoms with van der Waals surface area (Å²) in [6, 6.07) is 10.8. The molecule has 2 aromatic carbocycles. The highest BCUT2D eigenvalue weighted by Crippen LogP contribution is 2.40. The fourth-order valence-corrected chi connectivity index (χ4v) is 2.70. The summed E-state index contributed by atoms with van der Waals surface area (Å²) in [6.45, 7) is 0. The standard InChI is InChI=1S/C16H16Cl2O3/c1-20-14-8-7-11(16(21-2)15(14)18)13(19)9-10-5-3-4-6-12(10)17/h3-8,13,19H,9H2,1-2H3. The van der Waals surface area contributed by atoms with Crippen LogP contribution in [-0.2, 0) is 6.42 Å². The summed E-state index contributed by atoms with van der Waals surface area (Å²) in [5, 5.41) is 11.4. The van der Waals surface area contributed by atoms with E-state index < -0.39 is 6.10 Å². The lowest BCUT2D eigenvalue weighted by molar-refractivity contribution is 0.174. The molecule has 0 aliphatic carbocycles. The zero-order valence-corrected chi connectivity index (χ0v) is 13.3. The van der Waals surface area contributed by atoms with Gasteiger partial charge in [-0.15, -0.1) is 0 Å². The van der Waals surface area contributed by atoms with E-state index in [9.17, 15) is 5.11 Å². The number of hydrogen-bond donors (Lipinski definition) is 1. The van der Waals surface area contributed by atoms with E-state index in [-0.39, 0.29) is 0 Å². The smallest absolute Gasteiger partial charge is 0.147 e. The Kier molecular flexibility index (Phi) is 5.34. The maximum absolute atomic E-state index is 10.5. The van der Waals surface area contributed by atoms with Crippen molar-refractivity contribution in [2.75, 3.05) is 14.2 Å². The van der Waals surface area contributed by atoms with Crippen molar-refractivity contribution in [3.8, 4) is 11.5 Å². The third-order valence-electron chi connectivity index (χ3n) is 3.25. The maximum atomic E-state index is 10.5. The van der Waals surface area contributed by atoms with Crippen LogP contribution in [0.1, 0.15) is 17.2 Å². The van der Waals surface area contributed by atoms with E-state index in [1.807, 2.05) is 18.2 Å². The van der Waals surface area contributed by atoms with Gasteiger partial charge in [-0.05, 0) is 23.8 Å². The molecule has 3 nitrogen and oxygen atoms in total. The van der Waals surface area contributed by atoms with Crippen molar-refractivity contribution in [1.29, 1.82) is 0 Å². The van der Waals surface area contributed by atoms with E-state index in [0.29, 0.717) is 33.5 Å². The van der Waals surface area contributed by atoms with Gasteiger partial charge in [-0.25, -0.2) is 0 Å². The third kappa shape index (κ3) is 3.43. The molecule has 2 aromatic rings. The summed E-state index contributed by atoms with van der Waals surface area (Å²) in [5.41, 5.74) is 1.46. The highest BCUT2D eigenvalue weighted by atomic mass is 35.5. The van der Waals surface area contributed by atoms with Gasteiger partial charge in [-0.3, -0.25) is 0 Å². The van der Waals surface area contributed by atoms with Gasteiger partial charge in [-0.1, -0.05) is 41.4 Å². The van der Waals surface area contributed by atoms with Gasteiger partial charge in [0.15, 0.2) is 0 Å². The Morgan fingerprint density at radius 1 is 1.05 bits per heavy atom. The van der Waals surface area contributed by atoms with Crippen molar-refractivity contribution < 1.29 is 14.6 Å². The lowest BCUT2D eigenvalue weighted by Gasteiger charge is -2.18. The van der Waals surface area contributed by atoms with Crippen molar-refractivity contribution in [2.45, 2.75) is 12.5 Å². The summed E-state index contributed by atoms with van der Waals surface area (Å²) < 4.78 is 10.4. The Morgan fingerprint density at radius 3 is 2.38 bits per heavy atom. The molecule has 1 N–H and O–H groups in total. The molecule has 0 radical (unpaired) electrons. The second-order valence-corrected chi connectivity index (χ2v) is 5.30. The number of methoxy groups -OCH3 is 2. The van der Waals surface area contributed by atoms with Crippen LogP contribution in [0.2, 0.25) is 10.0 Å². The molecule has 0 fully saturated rings. The molecule has 0 saturated heterocycles. The molecule has 0 spiro atoms. The maximum Gasteiger partial charge on any atom is 0.147 e. The first-order valence-corrected chi connectivity index (χ1v) is 7.16. The Morgan fingerprint density at radius 2 is 1.76 bits per heavy atom. The monoisotopic (exact) mass is 326 g/mol. The first-order chi connectivity index (χ1) is 10.1. The first-order valence-electron chi connectivity index (χ1n) is 6.40. The predicted molar refractivity (Wildman–Crippen MR) is 84.7 cm³/mol. The number of hydrogen-bond acceptors (Lipinski definition) is 3. The van der Waals surface area contributed by atoms with E-state index >= 15 is 0 Å². The Hall–Kier alpha value is -1.42. The fraction of sp³-hybridized carbons (Fsp3) is 0.250. The molecular formula is C16H16Cl2O3. The molecule has 1 unspecified atom stereocenters. The molecule has 0 aromatic heterocycles. The van der Waals surface area contributed by atoms with Crippen LogP contribution in [0.15, 0.2) is 36.4 Å². The summed E-state index contributed by atoms with van der Waals surface area (Å²) in [6.07, 6.45) is -0.401. The molecule has 2 rings (SSSR count). The molecular weight excluding hydrogens is 311 g/mol. The number of aliphatic hydroxyl groups excluding tert-OH is 1. The van der Waals surface area contributed by atoms with E-state index in [1.54, 1.807) is 18.2 Å². The van der Waals surface area contributed by atoms with Crippen LogP contribution in [0, 0.1) is 0 Å². The summed E-state index contributed by atoms with van der Waals surface area (Å²) in [4.78, 5) is 0. The van der Waals surface area contributed by atoms with Crippen LogP contribution < -0.4 is 9.47 Å². The normalized spacial score (nSPS) is 12.0. The molecule has 0 heterocycles. The van der Waals surface area contributed by atoms with Gasteiger partial charge in [0, 0.05) is 17.0 Å². The molecule has 0 bridgehead atoms. The van der Waals surface area contributed by atoms with Crippen LogP contribution >= 0.6 is 23.2 Å². The van der Waals surface area contributed by atoms with Crippen LogP contribution in [0.4, 0.5) is 0 Å². The fourth-order valence-electron chi connectivity index (χ4n) is 2.16. The van der Waals surface area contributed by atoms with Crippen LogP contribution in [0.5, 0.6) is 11.5 Å². The second-order valence-electron chi connectivity index (χ2n) is 4.52. The summed E-state index contributed by atoms with van der Waals surface area (Å²) in [7, 11) is 3.03. The molecule has 5 heteroatoms. The SMILES string of the molecule is COc1ccc(C(O)Cc2ccccc2Cl)c(OC)c1Cl. The summed E-state index contributed by atoms with van der Waals surface area (Å²) >= 11 is 12.3. The first kappa shape index (κ1) is 16.0. The van der Waals surface area contributed by atoms with Gasteiger partial charge in [0.25, 0.3) is 0 Å². The van der Waals surface area contributed by atoms with Gasteiger partial charge < -0.3 is 14.6 Å². The molecule has 112 valence electrons. The van der Waals surface area contributed by atoms with Gasteiger partial charge >= 0.3 is 0 Å². The van der Waals surface area contributed by atoms with E-state index in [2.05, 4.69) is 0 Å². The highest BCUT2D eigenvalue weighted by Gasteiger charge is 2.20. The average molecular weight is 327 g/mol. The van der Waals surface area contributed by atoms with Gasteiger partial charge in [0.2, 0.25) is 0 Å². The molecule has 0 aliphatic rings. The third-order valence-corrected chi connectivity index (χ3v) is 3.97. The minimum Gasteiger partial charge on any atom is -0.495 e. The minimum absolute atomic E-state index is 0.343. The van der Waals surface area contributed by atoms with Crippen molar-refractivity contribution >= 4 is 23.2 Å². The van der Waals surface area contributed by atoms with E-state index in [0.717, 1.165) is 5.56 Å². The Labute approximate surface area is 134 Å². The van der Waals surface area contributed by atoms with Crippen molar-refractivity contribution in [3.63, 3.8) is 0 Å². The molecule has 21 heavy (non-hydrogen) atoms. The number of ether oxygens (including phenoxy) is 2. The van der Waals surface area contributed by atoms with Crippen molar-refractivity contribution in [1.82, 2.24) is 0 Å². The number of aliphatic hydroxyl groups is 1. The molecule has 0 saturated carbocycles. The van der Waals surface area contributed by atoms with Crippen molar-refractivity contribution in [3.05, 3.63) is 57.6 Å². The molecule has 0 aliphatic heterocycles. The lowest BCUT2D eigenvalue weighted by atomic mass is 10.0. The van der Waals surface area contributed by atoms with Gasteiger partial charge in [0.1, 0.15) is 16.5 Å². The van der Waals surface area contributed by atoms with E-state index in [1.165, 1.54) is 14.2 Å². The van der Waals surface area contributed by atoms with Crippen molar-refractivity contribution in [2.24, 2.45) is 0 Å². The zero-order chi connectivity index (χ0) is 15.4. The second kappa shape index (κ2) is 7.03. The largest absolute Gasteiger partial charge is 0.495 e. The average Bonchev–Trinajstić information content (AvgIpc) is 2.49. The minimum atomic E-state index is -0.775. The topological polar surface area (TPSA) is 38.7 Å². The van der Waals surface area contributed by atoms with Crippen LogP contribution in [0.25, 0.3) is 0 Å². The molecule has 1 atom stereocenters. The van der Waals surface area contributed by atoms with Gasteiger partial charge in [0.05, 0.1) is 20.3 Å².